The van der Waals surface area contributed by atoms with E-state index in [0.717, 1.165) is 5.57 Å². The molecular formula is C10H11BrO2S. The van der Waals surface area contributed by atoms with Crippen LogP contribution in [0.4, 0.5) is 0 Å². The van der Waals surface area contributed by atoms with Crippen LogP contribution in [0, 0.1) is 0 Å². The molecule has 0 bridgehead atoms. The molecule has 1 rings (SSSR count). The highest BCUT2D eigenvalue weighted by atomic mass is 79.9. The van der Waals surface area contributed by atoms with Gasteiger partial charge in [0.05, 0.1) is 4.90 Å². The van der Waals surface area contributed by atoms with Gasteiger partial charge >= 0.3 is 0 Å². The average Bonchev–Trinajstić information content (AvgIpc) is 2.15. The van der Waals surface area contributed by atoms with E-state index in [2.05, 4.69) is 22.5 Å². The van der Waals surface area contributed by atoms with Crippen molar-refractivity contribution in [1.82, 2.24) is 0 Å². The summed E-state index contributed by atoms with van der Waals surface area (Å²) >= 11 is 3.26. The van der Waals surface area contributed by atoms with Gasteiger partial charge in [0.15, 0.2) is 9.84 Å². The SMILES string of the molecule is C=C(CBr)c1ccccc1S(C)(=O)=O. The molecule has 0 saturated carbocycles. The second-order valence-electron chi connectivity index (χ2n) is 3.01. The minimum atomic E-state index is -3.17. The molecule has 0 fully saturated rings. The molecule has 0 aliphatic rings. The molecular weight excluding hydrogens is 264 g/mol. The topological polar surface area (TPSA) is 34.1 Å². The van der Waals surface area contributed by atoms with Gasteiger partial charge in [0.25, 0.3) is 0 Å². The standard InChI is InChI=1S/C10H11BrO2S/c1-8(7-11)9-5-3-4-6-10(9)14(2,12)13/h3-6H,1,7H2,2H3. The molecule has 1 aromatic rings. The number of rotatable bonds is 3. The van der Waals surface area contributed by atoms with Crippen LogP contribution in [-0.4, -0.2) is 20.0 Å². The summed E-state index contributed by atoms with van der Waals surface area (Å²) in [5, 5.41) is 0.569. The van der Waals surface area contributed by atoms with Crippen LogP contribution in [0.15, 0.2) is 35.7 Å². The Hall–Kier alpha value is -0.610. The molecule has 0 aromatic heterocycles. The van der Waals surface area contributed by atoms with Crippen LogP contribution >= 0.6 is 15.9 Å². The van der Waals surface area contributed by atoms with Crippen LogP contribution in [0.3, 0.4) is 0 Å². The maximum absolute atomic E-state index is 11.4. The van der Waals surface area contributed by atoms with Gasteiger partial charge in [-0.3, -0.25) is 0 Å². The first-order chi connectivity index (χ1) is 6.46. The summed E-state index contributed by atoms with van der Waals surface area (Å²) in [6, 6.07) is 6.87. The van der Waals surface area contributed by atoms with Crippen LogP contribution in [0.5, 0.6) is 0 Å². The molecule has 4 heteroatoms. The van der Waals surface area contributed by atoms with Crippen molar-refractivity contribution >= 4 is 31.3 Å². The summed E-state index contributed by atoms with van der Waals surface area (Å²) in [5.41, 5.74) is 1.46. The largest absolute Gasteiger partial charge is 0.224 e. The van der Waals surface area contributed by atoms with Crippen LogP contribution in [0.25, 0.3) is 5.57 Å². The van der Waals surface area contributed by atoms with Gasteiger partial charge in [0.2, 0.25) is 0 Å². The molecule has 76 valence electrons. The smallest absolute Gasteiger partial charge is 0.176 e. The lowest BCUT2D eigenvalue weighted by atomic mass is 10.1. The van der Waals surface area contributed by atoms with Crippen molar-refractivity contribution in [2.75, 3.05) is 11.6 Å². The first kappa shape index (κ1) is 11.5. The Bertz CT molecular complexity index is 449. The fourth-order valence-corrected chi connectivity index (χ4v) is 2.39. The normalized spacial score (nSPS) is 11.3. The molecule has 1 aromatic carbocycles. The van der Waals surface area contributed by atoms with Crippen molar-refractivity contribution in [3.05, 3.63) is 36.4 Å². The fourth-order valence-electron chi connectivity index (χ4n) is 1.15. The van der Waals surface area contributed by atoms with E-state index in [1.54, 1.807) is 24.3 Å². The predicted molar refractivity (Wildman–Crippen MR) is 62.4 cm³/mol. The number of allylic oxidation sites excluding steroid dienone is 1. The third-order valence-corrected chi connectivity index (χ3v) is 3.66. The van der Waals surface area contributed by atoms with Crippen molar-refractivity contribution in [3.63, 3.8) is 0 Å². The molecule has 2 nitrogen and oxygen atoms in total. The third kappa shape index (κ3) is 2.45. The third-order valence-electron chi connectivity index (χ3n) is 1.83. The molecule has 0 heterocycles. The second-order valence-corrected chi connectivity index (χ2v) is 5.55. The van der Waals surface area contributed by atoms with Crippen molar-refractivity contribution in [3.8, 4) is 0 Å². The summed E-state index contributed by atoms with van der Waals surface area (Å²) in [6.45, 7) is 3.81. The lowest BCUT2D eigenvalue weighted by molar-refractivity contribution is 0.601. The number of hydrogen-bond acceptors (Lipinski definition) is 2. The Kier molecular flexibility index (Phi) is 3.50. The van der Waals surface area contributed by atoms with Crippen LogP contribution in [0.2, 0.25) is 0 Å². The molecule has 0 unspecified atom stereocenters. The number of halogens is 1. The summed E-state index contributed by atoms with van der Waals surface area (Å²) in [7, 11) is -3.17. The van der Waals surface area contributed by atoms with Crippen LogP contribution in [0.1, 0.15) is 5.56 Å². The molecule has 0 atom stereocenters. The Morgan fingerprint density at radius 2 is 2.00 bits per heavy atom. The van der Waals surface area contributed by atoms with E-state index in [4.69, 9.17) is 0 Å². The molecule has 0 amide bonds. The van der Waals surface area contributed by atoms with Gasteiger partial charge in [-0.25, -0.2) is 8.42 Å². The predicted octanol–water partition coefficient (Wildman–Crippen LogP) is 2.50. The maximum Gasteiger partial charge on any atom is 0.176 e. The lowest BCUT2D eigenvalue weighted by Gasteiger charge is -2.07. The Morgan fingerprint density at radius 3 is 2.50 bits per heavy atom. The van der Waals surface area contributed by atoms with E-state index in [1.165, 1.54) is 6.26 Å². The fraction of sp³-hybridized carbons (Fsp3) is 0.200. The van der Waals surface area contributed by atoms with E-state index in [9.17, 15) is 8.42 Å². The minimum absolute atomic E-state index is 0.337. The maximum atomic E-state index is 11.4. The Morgan fingerprint density at radius 1 is 1.43 bits per heavy atom. The van der Waals surface area contributed by atoms with E-state index in [-0.39, 0.29) is 0 Å². The second kappa shape index (κ2) is 4.28. The molecule has 14 heavy (non-hydrogen) atoms. The minimum Gasteiger partial charge on any atom is -0.224 e. The van der Waals surface area contributed by atoms with E-state index in [1.807, 2.05) is 0 Å². The van der Waals surface area contributed by atoms with Crippen LogP contribution in [-0.2, 0) is 9.84 Å². The zero-order valence-electron chi connectivity index (χ0n) is 7.83. The highest BCUT2D eigenvalue weighted by molar-refractivity contribution is 9.09. The number of sulfone groups is 1. The van der Waals surface area contributed by atoms with Gasteiger partial charge in [-0.1, -0.05) is 40.7 Å². The van der Waals surface area contributed by atoms with Gasteiger partial charge < -0.3 is 0 Å². The zero-order valence-corrected chi connectivity index (χ0v) is 10.2. The summed E-state index contributed by atoms with van der Waals surface area (Å²) in [5.74, 6) is 0. The van der Waals surface area contributed by atoms with Gasteiger partial charge in [-0.2, -0.15) is 0 Å². The molecule has 0 spiro atoms. The molecule has 0 radical (unpaired) electrons. The summed E-state index contributed by atoms with van der Waals surface area (Å²) in [4.78, 5) is 0.337. The van der Waals surface area contributed by atoms with Crippen molar-refractivity contribution in [1.29, 1.82) is 0 Å². The first-order valence-electron chi connectivity index (χ1n) is 4.00. The molecule has 0 saturated heterocycles. The number of benzene rings is 1. The quantitative estimate of drug-likeness (QED) is 0.794. The van der Waals surface area contributed by atoms with Crippen molar-refractivity contribution < 1.29 is 8.42 Å². The number of alkyl halides is 1. The first-order valence-corrected chi connectivity index (χ1v) is 7.01. The van der Waals surface area contributed by atoms with Gasteiger partial charge in [0, 0.05) is 11.6 Å². The van der Waals surface area contributed by atoms with Gasteiger partial charge in [-0.15, -0.1) is 0 Å². The van der Waals surface area contributed by atoms with E-state index >= 15 is 0 Å². The van der Waals surface area contributed by atoms with Crippen molar-refractivity contribution in [2.24, 2.45) is 0 Å². The zero-order chi connectivity index (χ0) is 10.8. The highest BCUT2D eigenvalue weighted by Gasteiger charge is 2.13. The van der Waals surface area contributed by atoms with E-state index < -0.39 is 9.84 Å². The summed E-state index contributed by atoms with van der Waals surface area (Å²) in [6.07, 6.45) is 1.20. The Balaban J connectivity index is 3.38. The molecule has 0 aliphatic carbocycles. The monoisotopic (exact) mass is 274 g/mol. The lowest BCUT2D eigenvalue weighted by Crippen LogP contribution is -2.01. The van der Waals surface area contributed by atoms with Gasteiger partial charge in [-0.05, 0) is 17.2 Å². The van der Waals surface area contributed by atoms with E-state index in [0.29, 0.717) is 15.8 Å². The number of hydrogen-bond donors (Lipinski definition) is 0. The Labute approximate surface area is 92.7 Å². The average molecular weight is 275 g/mol. The molecule has 0 N–H and O–H groups in total. The van der Waals surface area contributed by atoms with Gasteiger partial charge in [0.1, 0.15) is 0 Å². The highest BCUT2D eigenvalue weighted by Crippen LogP contribution is 2.23. The van der Waals surface area contributed by atoms with Crippen LogP contribution < -0.4 is 0 Å². The molecule has 0 aliphatic heterocycles. The summed E-state index contributed by atoms with van der Waals surface area (Å²) < 4.78 is 22.8. The van der Waals surface area contributed by atoms with Crippen molar-refractivity contribution in [2.45, 2.75) is 4.90 Å².